The number of carbonyl (C=O) groups is 1. The van der Waals surface area contributed by atoms with Gasteiger partial charge in [0, 0.05) is 6.07 Å². The number of nitro benzene ring substituents is 1. The number of carbonyl (C=O) groups excluding carboxylic acids is 1. The quantitative estimate of drug-likeness (QED) is 0.259. The Labute approximate surface area is 69.8 Å². The fourth-order valence-corrected chi connectivity index (χ4v) is 0.935. The van der Waals surface area contributed by atoms with Crippen LogP contribution in [0.3, 0.4) is 0 Å². The summed E-state index contributed by atoms with van der Waals surface area (Å²) in [6, 6.07) is 4.43. The van der Waals surface area contributed by atoms with Crippen molar-refractivity contribution in [2.75, 3.05) is 0 Å². The van der Waals surface area contributed by atoms with Gasteiger partial charge < -0.3 is 0 Å². The van der Waals surface area contributed by atoms with E-state index in [0.29, 0.717) is 6.29 Å². The van der Waals surface area contributed by atoms with Gasteiger partial charge in [-0.05, 0) is 0 Å². The maximum atomic E-state index is 10.4. The zero-order valence-corrected chi connectivity index (χ0v) is 6.48. The Kier molecular flexibility index (Phi) is 2.23. The second kappa shape index (κ2) is 3.17. The van der Waals surface area contributed by atoms with E-state index in [9.17, 15) is 14.9 Å². The molecule has 0 N–H and O–H groups in total. The third-order valence-electron chi connectivity index (χ3n) is 1.51. The third kappa shape index (κ3) is 1.50. The minimum Gasteiger partial charge on any atom is -0.298 e. The molecule has 0 aliphatic heterocycles. The minimum absolute atomic E-state index is 0.125. The van der Waals surface area contributed by atoms with E-state index in [-0.39, 0.29) is 11.3 Å². The van der Waals surface area contributed by atoms with Crippen LogP contribution in [0.4, 0.5) is 5.69 Å². The van der Waals surface area contributed by atoms with Crippen LogP contribution in [-0.2, 0) is 0 Å². The molecule has 1 aromatic carbocycles. The molecule has 0 aromatic heterocycles. The average molecular weight is 163 g/mol. The topological polar surface area (TPSA) is 60.2 Å². The number of benzene rings is 1. The van der Waals surface area contributed by atoms with Crippen molar-refractivity contribution in [1.82, 2.24) is 0 Å². The number of nitrogens with zero attached hydrogens (tertiary/aromatic N) is 1. The summed E-state index contributed by atoms with van der Waals surface area (Å²) >= 11 is 0. The van der Waals surface area contributed by atoms with E-state index in [2.05, 4.69) is 0 Å². The maximum absolute atomic E-state index is 10.4. The molecule has 0 aliphatic rings. The smallest absolute Gasteiger partial charge is 0.279 e. The largest absolute Gasteiger partial charge is 0.298 e. The van der Waals surface area contributed by atoms with Crippen molar-refractivity contribution in [3.63, 3.8) is 0 Å². The molecular formula is C7H6BNO3. The molecule has 0 aliphatic carbocycles. The van der Waals surface area contributed by atoms with Gasteiger partial charge in [-0.25, -0.2) is 0 Å². The fraction of sp³-hybridized carbons (Fsp3) is 0. The molecule has 0 saturated heterocycles. The van der Waals surface area contributed by atoms with Crippen molar-refractivity contribution < 1.29 is 9.72 Å². The van der Waals surface area contributed by atoms with Crippen LogP contribution in [0, 0.1) is 10.1 Å². The molecule has 0 atom stereocenters. The molecule has 1 rings (SSSR count). The van der Waals surface area contributed by atoms with Gasteiger partial charge >= 0.3 is 0 Å². The van der Waals surface area contributed by atoms with Crippen LogP contribution in [0.15, 0.2) is 18.2 Å². The lowest BCUT2D eigenvalue weighted by Crippen LogP contribution is -2.05. The van der Waals surface area contributed by atoms with Gasteiger partial charge in [-0.2, -0.15) is 0 Å². The SMILES string of the molecule is Bc1ccc([N+](=O)[O-])c(C=O)c1. The van der Waals surface area contributed by atoms with Crippen LogP contribution in [0.25, 0.3) is 0 Å². The Morgan fingerprint density at radius 3 is 2.67 bits per heavy atom. The average Bonchev–Trinajstić information content (AvgIpc) is 2.03. The molecular weight excluding hydrogens is 157 g/mol. The lowest BCUT2D eigenvalue weighted by Gasteiger charge is -1.95. The highest BCUT2D eigenvalue weighted by Crippen LogP contribution is 2.13. The van der Waals surface area contributed by atoms with Crippen molar-refractivity contribution in [3.05, 3.63) is 33.9 Å². The van der Waals surface area contributed by atoms with Crippen LogP contribution >= 0.6 is 0 Å². The summed E-state index contributed by atoms with van der Waals surface area (Å²) in [6.07, 6.45) is 0.491. The van der Waals surface area contributed by atoms with E-state index >= 15 is 0 Å². The highest BCUT2D eigenvalue weighted by molar-refractivity contribution is 6.32. The summed E-state index contributed by atoms with van der Waals surface area (Å²) in [5.74, 6) is 0. The molecule has 0 saturated carbocycles. The fourth-order valence-electron chi connectivity index (χ4n) is 0.935. The summed E-state index contributed by atoms with van der Waals surface area (Å²) in [7, 11) is 1.77. The van der Waals surface area contributed by atoms with E-state index in [0.717, 1.165) is 5.46 Å². The van der Waals surface area contributed by atoms with E-state index in [4.69, 9.17) is 0 Å². The predicted molar refractivity (Wildman–Crippen MR) is 46.7 cm³/mol. The van der Waals surface area contributed by atoms with Crippen molar-refractivity contribution in [2.45, 2.75) is 0 Å². The minimum atomic E-state index is -0.566. The summed E-state index contributed by atoms with van der Waals surface area (Å²) in [5.41, 5.74) is 0.818. The molecule has 0 radical (unpaired) electrons. The van der Waals surface area contributed by atoms with Gasteiger partial charge in [0.15, 0.2) is 6.29 Å². The normalized spacial score (nSPS) is 9.33. The van der Waals surface area contributed by atoms with E-state index < -0.39 is 4.92 Å². The zero-order valence-electron chi connectivity index (χ0n) is 6.48. The molecule has 1 aromatic rings. The Hall–Kier alpha value is -1.65. The van der Waals surface area contributed by atoms with Gasteiger partial charge in [-0.1, -0.05) is 17.6 Å². The first-order chi connectivity index (χ1) is 5.65. The molecule has 0 spiro atoms. The van der Waals surface area contributed by atoms with Crippen LogP contribution in [0.1, 0.15) is 10.4 Å². The van der Waals surface area contributed by atoms with Gasteiger partial charge in [0.25, 0.3) is 5.69 Å². The van der Waals surface area contributed by atoms with Gasteiger partial charge in [0.1, 0.15) is 7.85 Å². The Morgan fingerprint density at radius 2 is 2.17 bits per heavy atom. The van der Waals surface area contributed by atoms with E-state index in [1.165, 1.54) is 12.1 Å². The Morgan fingerprint density at radius 1 is 1.50 bits per heavy atom. The van der Waals surface area contributed by atoms with Crippen LogP contribution in [-0.4, -0.2) is 19.1 Å². The molecule has 0 unspecified atom stereocenters. The molecule has 5 heteroatoms. The zero-order chi connectivity index (χ0) is 9.14. The molecule has 12 heavy (non-hydrogen) atoms. The molecule has 0 heterocycles. The number of hydrogen-bond donors (Lipinski definition) is 0. The van der Waals surface area contributed by atoms with Crippen molar-refractivity contribution in [1.29, 1.82) is 0 Å². The number of rotatable bonds is 2. The molecule has 0 fully saturated rings. The molecule has 0 bridgehead atoms. The highest BCUT2D eigenvalue weighted by Gasteiger charge is 2.11. The highest BCUT2D eigenvalue weighted by atomic mass is 16.6. The molecule has 4 nitrogen and oxygen atoms in total. The van der Waals surface area contributed by atoms with Gasteiger partial charge in [0.05, 0.1) is 10.5 Å². The van der Waals surface area contributed by atoms with E-state index in [1.54, 1.807) is 13.9 Å². The second-order valence-electron chi connectivity index (χ2n) is 2.44. The van der Waals surface area contributed by atoms with E-state index in [1.807, 2.05) is 0 Å². The van der Waals surface area contributed by atoms with Crippen LogP contribution in [0.5, 0.6) is 0 Å². The van der Waals surface area contributed by atoms with Crippen LogP contribution in [0.2, 0.25) is 0 Å². The second-order valence-corrected chi connectivity index (χ2v) is 2.44. The Bertz CT molecular complexity index is 337. The first kappa shape index (κ1) is 8.45. The van der Waals surface area contributed by atoms with Gasteiger partial charge in [-0.3, -0.25) is 14.9 Å². The number of aldehydes is 1. The predicted octanol–water partition coefficient (Wildman–Crippen LogP) is -0.334. The first-order valence-electron chi connectivity index (χ1n) is 3.35. The van der Waals surface area contributed by atoms with Gasteiger partial charge in [0.2, 0.25) is 0 Å². The first-order valence-corrected chi connectivity index (χ1v) is 3.35. The van der Waals surface area contributed by atoms with Crippen molar-refractivity contribution >= 4 is 25.3 Å². The lowest BCUT2D eigenvalue weighted by atomic mass is 9.94. The third-order valence-corrected chi connectivity index (χ3v) is 1.51. The number of hydrogen-bond acceptors (Lipinski definition) is 3. The Balaban J connectivity index is 3.29. The standard InChI is InChI=1S/C7H6BNO3/c8-6-1-2-7(9(11)12)5(3-6)4-10/h1-4H,8H2. The summed E-state index contributed by atoms with van der Waals surface area (Å²) in [4.78, 5) is 20.2. The summed E-state index contributed by atoms with van der Waals surface area (Å²) < 4.78 is 0. The van der Waals surface area contributed by atoms with Crippen molar-refractivity contribution in [2.24, 2.45) is 0 Å². The monoisotopic (exact) mass is 163 g/mol. The van der Waals surface area contributed by atoms with Gasteiger partial charge in [-0.15, -0.1) is 0 Å². The molecule has 60 valence electrons. The summed E-state index contributed by atoms with van der Waals surface area (Å²) in [5, 5.41) is 10.3. The number of nitro groups is 1. The van der Waals surface area contributed by atoms with Crippen LogP contribution < -0.4 is 5.46 Å². The maximum Gasteiger partial charge on any atom is 0.279 e. The summed E-state index contributed by atoms with van der Waals surface area (Å²) in [6.45, 7) is 0. The molecule has 0 amide bonds. The lowest BCUT2D eigenvalue weighted by molar-refractivity contribution is -0.385. The van der Waals surface area contributed by atoms with Crippen molar-refractivity contribution in [3.8, 4) is 0 Å².